The Morgan fingerprint density at radius 1 is 0.800 bits per heavy atom. The smallest absolute Gasteiger partial charge is 0.166 e. The van der Waals surface area contributed by atoms with Gasteiger partial charge in [-0.05, 0) is 36.0 Å². The van der Waals surface area contributed by atoms with Crippen LogP contribution < -0.4 is 0 Å². The molecule has 0 aliphatic carbocycles. The molecule has 1 aromatic carbocycles. The fraction of sp³-hybridized carbons (Fsp3) is 0.571. The predicted molar refractivity (Wildman–Crippen MR) is 64.4 cm³/mol. The van der Waals surface area contributed by atoms with Gasteiger partial charge in [-0.25, -0.2) is 0 Å². The Balaban J connectivity index is 3.55. The van der Waals surface area contributed by atoms with Gasteiger partial charge >= 0.3 is 12.4 Å². The number of rotatable bonds is 3. The molecule has 0 nitrogen and oxygen atoms in total. The highest BCUT2D eigenvalue weighted by atomic mass is 19.4. The molecule has 0 aliphatic heterocycles. The average Bonchev–Trinajstić information content (AvgIpc) is 2.35. The van der Waals surface area contributed by atoms with Crippen LogP contribution in [0.4, 0.5) is 26.3 Å². The highest BCUT2D eigenvalue weighted by Gasteiger charge is 2.41. The predicted octanol–water partition coefficient (Wildman–Crippen LogP) is 5.80. The van der Waals surface area contributed by atoms with Crippen molar-refractivity contribution in [3.05, 3.63) is 34.9 Å². The van der Waals surface area contributed by atoms with Crippen molar-refractivity contribution in [2.45, 2.75) is 51.4 Å². The number of benzene rings is 1. The molecule has 1 aromatic rings. The topological polar surface area (TPSA) is 0 Å². The number of alkyl halides is 6. The largest absolute Gasteiger partial charge is 0.416 e. The summed E-state index contributed by atoms with van der Waals surface area (Å²) in [6, 6.07) is 1.88. The summed E-state index contributed by atoms with van der Waals surface area (Å²) >= 11 is 0. The van der Waals surface area contributed by atoms with E-state index >= 15 is 0 Å². The first-order valence-electron chi connectivity index (χ1n) is 6.24. The standard InChI is InChI=1S/C14H16F6/c1-4-12(3,5-2)10-7-6-9(13(15,16)17)8-11(10)14(18,19)20/h6-8H,4-5H2,1-3H3. The van der Waals surface area contributed by atoms with Crippen LogP contribution in [0, 0.1) is 0 Å². The van der Waals surface area contributed by atoms with Crippen LogP contribution in [0.3, 0.4) is 0 Å². The number of hydrogen-bond donors (Lipinski definition) is 0. The van der Waals surface area contributed by atoms with Gasteiger partial charge in [-0.2, -0.15) is 26.3 Å². The zero-order valence-corrected chi connectivity index (χ0v) is 11.4. The summed E-state index contributed by atoms with van der Waals surface area (Å²) in [5.74, 6) is 0. The van der Waals surface area contributed by atoms with Crippen LogP contribution in [0.2, 0.25) is 0 Å². The fourth-order valence-corrected chi connectivity index (χ4v) is 2.11. The van der Waals surface area contributed by atoms with E-state index in [0.717, 1.165) is 6.07 Å². The van der Waals surface area contributed by atoms with Crippen LogP contribution in [0.15, 0.2) is 18.2 Å². The van der Waals surface area contributed by atoms with Crippen LogP contribution >= 0.6 is 0 Å². The van der Waals surface area contributed by atoms with Crippen molar-refractivity contribution < 1.29 is 26.3 Å². The van der Waals surface area contributed by atoms with E-state index in [9.17, 15) is 26.3 Å². The molecule has 0 heterocycles. The Morgan fingerprint density at radius 3 is 1.65 bits per heavy atom. The Hall–Kier alpha value is -1.20. The zero-order valence-electron chi connectivity index (χ0n) is 11.4. The lowest BCUT2D eigenvalue weighted by atomic mass is 9.75. The monoisotopic (exact) mass is 298 g/mol. The maximum Gasteiger partial charge on any atom is 0.416 e. The van der Waals surface area contributed by atoms with E-state index < -0.39 is 28.9 Å². The van der Waals surface area contributed by atoms with E-state index in [0.29, 0.717) is 18.9 Å². The normalized spacial score (nSPS) is 13.7. The average molecular weight is 298 g/mol. The molecule has 0 unspecified atom stereocenters. The van der Waals surface area contributed by atoms with Gasteiger partial charge in [0.1, 0.15) is 0 Å². The lowest BCUT2D eigenvalue weighted by Crippen LogP contribution is -2.25. The van der Waals surface area contributed by atoms with Crippen molar-refractivity contribution in [3.63, 3.8) is 0 Å². The molecule has 0 aromatic heterocycles. The minimum absolute atomic E-state index is 0.0806. The first-order chi connectivity index (χ1) is 8.95. The summed E-state index contributed by atoms with van der Waals surface area (Å²) in [5.41, 5.74) is -3.35. The second-order valence-electron chi connectivity index (χ2n) is 5.02. The molecule has 20 heavy (non-hydrogen) atoms. The molecule has 0 saturated heterocycles. The molecule has 0 saturated carbocycles. The molecular formula is C14H16F6. The van der Waals surface area contributed by atoms with Crippen LogP contribution in [-0.4, -0.2) is 0 Å². The Morgan fingerprint density at radius 2 is 1.30 bits per heavy atom. The summed E-state index contributed by atoms with van der Waals surface area (Å²) in [4.78, 5) is 0. The van der Waals surface area contributed by atoms with Gasteiger partial charge in [-0.15, -0.1) is 0 Å². The third kappa shape index (κ3) is 3.27. The molecule has 1 rings (SSSR count). The summed E-state index contributed by atoms with van der Waals surface area (Å²) < 4.78 is 76.9. The fourth-order valence-electron chi connectivity index (χ4n) is 2.11. The molecule has 0 spiro atoms. The third-order valence-corrected chi connectivity index (χ3v) is 3.86. The molecule has 0 atom stereocenters. The lowest BCUT2D eigenvalue weighted by Gasteiger charge is -2.31. The van der Waals surface area contributed by atoms with Gasteiger partial charge in [-0.1, -0.05) is 26.8 Å². The van der Waals surface area contributed by atoms with E-state index in [1.807, 2.05) is 0 Å². The summed E-state index contributed by atoms with van der Waals surface area (Å²) in [6.45, 7) is 5.08. The third-order valence-electron chi connectivity index (χ3n) is 3.86. The van der Waals surface area contributed by atoms with E-state index in [1.165, 1.54) is 0 Å². The summed E-state index contributed by atoms with van der Waals surface area (Å²) in [7, 11) is 0. The van der Waals surface area contributed by atoms with Crippen molar-refractivity contribution in [1.29, 1.82) is 0 Å². The SMILES string of the molecule is CCC(C)(CC)c1ccc(C(F)(F)F)cc1C(F)(F)F. The molecule has 0 N–H and O–H groups in total. The van der Waals surface area contributed by atoms with Gasteiger partial charge < -0.3 is 0 Å². The van der Waals surface area contributed by atoms with E-state index in [2.05, 4.69) is 0 Å². The molecule has 6 heteroatoms. The van der Waals surface area contributed by atoms with Crippen molar-refractivity contribution in [1.82, 2.24) is 0 Å². The Labute approximate surface area is 113 Å². The van der Waals surface area contributed by atoms with Crippen LogP contribution in [-0.2, 0) is 17.8 Å². The van der Waals surface area contributed by atoms with Gasteiger partial charge in [0.15, 0.2) is 0 Å². The van der Waals surface area contributed by atoms with Crippen LogP contribution in [0.25, 0.3) is 0 Å². The first kappa shape index (κ1) is 16.9. The lowest BCUT2D eigenvalue weighted by molar-refractivity contribution is -0.143. The Bertz CT molecular complexity index is 466. The molecule has 0 radical (unpaired) electrons. The highest BCUT2D eigenvalue weighted by Crippen LogP contribution is 2.43. The van der Waals surface area contributed by atoms with Gasteiger partial charge in [0.2, 0.25) is 0 Å². The summed E-state index contributed by atoms with van der Waals surface area (Å²) in [5, 5.41) is 0. The van der Waals surface area contributed by atoms with Crippen molar-refractivity contribution >= 4 is 0 Å². The molecule has 0 amide bonds. The second kappa shape index (κ2) is 5.30. The minimum atomic E-state index is -4.80. The quantitative estimate of drug-likeness (QED) is 0.618. The van der Waals surface area contributed by atoms with E-state index in [-0.39, 0.29) is 11.6 Å². The van der Waals surface area contributed by atoms with Gasteiger partial charge in [-0.3, -0.25) is 0 Å². The maximum absolute atomic E-state index is 13.1. The molecular weight excluding hydrogens is 282 g/mol. The molecule has 114 valence electrons. The van der Waals surface area contributed by atoms with Gasteiger partial charge in [0.05, 0.1) is 11.1 Å². The van der Waals surface area contributed by atoms with Crippen molar-refractivity contribution in [3.8, 4) is 0 Å². The van der Waals surface area contributed by atoms with Crippen molar-refractivity contribution in [2.24, 2.45) is 0 Å². The maximum atomic E-state index is 13.1. The highest BCUT2D eigenvalue weighted by molar-refractivity contribution is 5.40. The molecule has 0 bridgehead atoms. The number of halogens is 6. The number of hydrogen-bond acceptors (Lipinski definition) is 0. The van der Waals surface area contributed by atoms with E-state index in [4.69, 9.17) is 0 Å². The van der Waals surface area contributed by atoms with E-state index in [1.54, 1.807) is 20.8 Å². The second-order valence-corrected chi connectivity index (χ2v) is 5.02. The van der Waals surface area contributed by atoms with Crippen molar-refractivity contribution in [2.75, 3.05) is 0 Å². The van der Waals surface area contributed by atoms with Crippen LogP contribution in [0.5, 0.6) is 0 Å². The Kier molecular flexibility index (Phi) is 4.46. The molecule has 0 fully saturated rings. The van der Waals surface area contributed by atoms with Gasteiger partial charge in [0.25, 0.3) is 0 Å². The molecule has 0 aliphatic rings. The van der Waals surface area contributed by atoms with Crippen LogP contribution in [0.1, 0.15) is 50.3 Å². The van der Waals surface area contributed by atoms with Gasteiger partial charge in [0, 0.05) is 0 Å². The minimum Gasteiger partial charge on any atom is -0.166 e. The summed E-state index contributed by atoms with van der Waals surface area (Å²) in [6.07, 6.45) is -8.76. The zero-order chi connectivity index (χ0) is 15.8. The first-order valence-corrected chi connectivity index (χ1v) is 6.24.